The summed E-state index contributed by atoms with van der Waals surface area (Å²) in [7, 11) is 0. The smallest absolute Gasteiger partial charge is 0.0845 e. The monoisotopic (exact) mass is 336 g/mol. The highest BCUT2D eigenvalue weighted by Gasteiger charge is 2.24. The molecule has 2 heterocycles. The number of β-amino-alcohol motifs (C(OH)–C–C–N with tert-alkyl or cyclic N) is 1. The van der Waals surface area contributed by atoms with Crippen LogP contribution in [0.5, 0.6) is 0 Å². The first-order valence-corrected chi connectivity index (χ1v) is 9.48. The molecule has 0 bridgehead atoms. The Hall–Kier alpha value is -1.84. The number of hydrogen-bond donors (Lipinski definition) is 1. The fourth-order valence-electron chi connectivity index (χ4n) is 4.71. The zero-order valence-corrected chi connectivity index (χ0v) is 15.2. The number of hydrogen-bond acceptors (Lipinski definition) is 2. The number of aromatic nitrogens is 1. The van der Waals surface area contributed by atoms with E-state index in [2.05, 4.69) is 71.8 Å². The summed E-state index contributed by atoms with van der Waals surface area (Å²) in [5.74, 6) is 1.45. The van der Waals surface area contributed by atoms with E-state index >= 15 is 0 Å². The number of piperidine rings is 1. The lowest BCUT2D eigenvalue weighted by Crippen LogP contribution is -2.43. The van der Waals surface area contributed by atoms with Gasteiger partial charge >= 0.3 is 0 Å². The third kappa shape index (κ3) is 3.31. The molecular weight excluding hydrogens is 308 g/mol. The lowest BCUT2D eigenvalue weighted by molar-refractivity contribution is 0.0626. The van der Waals surface area contributed by atoms with E-state index in [1.54, 1.807) is 0 Å². The molecule has 0 saturated carbocycles. The summed E-state index contributed by atoms with van der Waals surface area (Å²) < 4.78 is 2.28. The van der Waals surface area contributed by atoms with Crippen molar-refractivity contribution >= 4 is 21.8 Å². The van der Waals surface area contributed by atoms with Gasteiger partial charge in [0.25, 0.3) is 0 Å². The average Bonchev–Trinajstić information content (AvgIpc) is 2.89. The summed E-state index contributed by atoms with van der Waals surface area (Å²) in [6.07, 6.45) is 0.955. The largest absolute Gasteiger partial charge is 0.390 e. The Kier molecular flexibility index (Phi) is 4.53. The Bertz CT molecular complexity index is 805. The first kappa shape index (κ1) is 16.6. The van der Waals surface area contributed by atoms with Crippen molar-refractivity contribution in [3.8, 4) is 0 Å². The zero-order chi connectivity index (χ0) is 17.4. The molecular formula is C22H28N2O. The number of aliphatic hydroxyl groups is 1. The van der Waals surface area contributed by atoms with Crippen molar-refractivity contribution in [2.75, 3.05) is 19.6 Å². The molecule has 4 rings (SSSR count). The molecule has 132 valence electrons. The summed E-state index contributed by atoms with van der Waals surface area (Å²) in [5, 5.41) is 13.3. The lowest BCUT2D eigenvalue weighted by Gasteiger charge is -2.36. The second-order valence-corrected chi connectivity index (χ2v) is 7.96. The quantitative estimate of drug-likeness (QED) is 0.776. The molecule has 1 saturated heterocycles. The minimum absolute atomic E-state index is 0.350. The first-order chi connectivity index (χ1) is 12.1. The van der Waals surface area contributed by atoms with Crippen molar-refractivity contribution in [2.24, 2.45) is 11.8 Å². The van der Waals surface area contributed by atoms with E-state index < -0.39 is 0 Å². The number of fused-ring (bicyclic) bond motifs is 3. The van der Waals surface area contributed by atoms with Crippen LogP contribution in [0.15, 0.2) is 48.5 Å². The molecule has 2 aromatic carbocycles. The van der Waals surface area contributed by atoms with E-state index in [1.807, 2.05) is 0 Å². The highest BCUT2D eigenvalue weighted by Crippen LogP contribution is 2.29. The highest BCUT2D eigenvalue weighted by atomic mass is 16.3. The van der Waals surface area contributed by atoms with Gasteiger partial charge < -0.3 is 14.6 Å². The van der Waals surface area contributed by atoms with Gasteiger partial charge in [0.15, 0.2) is 0 Å². The van der Waals surface area contributed by atoms with Crippen molar-refractivity contribution in [3.05, 3.63) is 48.5 Å². The second-order valence-electron chi connectivity index (χ2n) is 7.96. The molecule has 0 aliphatic carbocycles. The van der Waals surface area contributed by atoms with Crippen LogP contribution in [0.4, 0.5) is 0 Å². The van der Waals surface area contributed by atoms with Crippen LogP contribution in [0.2, 0.25) is 0 Å². The molecule has 1 aliphatic rings. The number of para-hydroxylation sites is 2. The van der Waals surface area contributed by atoms with Crippen LogP contribution in [-0.2, 0) is 6.54 Å². The fourth-order valence-corrected chi connectivity index (χ4v) is 4.71. The third-order valence-electron chi connectivity index (χ3n) is 5.49. The summed E-state index contributed by atoms with van der Waals surface area (Å²) >= 11 is 0. The van der Waals surface area contributed by atoms with Crippen LogP contribution < -0.4 is 0 Å². The number of rotatable bonds is 4. The summed E-state index contributed by atoms with van der Waals surface area (Å²) in [6, 6.07) is 17.0. The van der Waals surface area contributed by atoms with Crippen molar-refractivity contribution in [3.63, 3.8) is 0 Å². The van der Waals surface area contributed by atoms with Crippen molar-refractivity contribution < 1.29 is 5.11 Å². The molecule has 1 fully saturated rings. The predicted octanol–water partition coefficient (Wildman–Crippen LogP) is 4.13. The molecule has 3 atom stereocenters. The number of nitrogens with zero attached hydrogens (tertiary/aromatic N) is 2. The van der Waals surface area contributed by atoms with Gasteiger partial charge in [-0.05, 0) is 30.4 Å². The minimum Gasteiger partial charge on any atom is -0.390 e. The summed E-state index contributed by atoms with van der Waals surface area (Å²) in [4.78, 5) is 2.44. The van der Waals surface area contributed by atoms with Gasteiger partial charge in [0, 0.05) is 41.4 Å². The zero-order valence-electron chi connectivity index (χ0n) is 15.2. The van der Waals surface area contributed by atoms with Crippen LogP contribution in [0, 0.1) is 11.8 Å². The maximum absolute atomic E-state index is 10.8. The second kappa shape index (κ2) is 6.81. The molecule has 0 radical (unpaired) electrons. The molecule has 0 unspecified atom stereocenters. The van der Waals surface area contributed by atoms with Crippen LogP contribution in [0.3, 0.4) is 0 Å². The van der Waals surface area contributed by atoms with Gasteiger partial charge in [-0.2, -0.15) is 0 Å². The molecule has 3 aromatic rings. The molecule has 1 aromatic heterocycles. The maximum Gasteiger partial charge on any atom is 0.0845 e. The van der Waals surface area contributed by atoms with Gasteiger partial charge in [-0.1, -0.05) is 50.2 Å². The number of benzene rings is 2. The summed E-state index contributed by atoms with van der Waals surface area (Å²) in [6.45, 7) is 8.26. The normalized spacial score (nSPS) is 23.3. The van der Waals surface area contributed by atoms with E-state index in [-0.39, 0.29) is 6.10 Å². The predicted molar refractivity (Wildman–Crippen MR) is 105 cm³/mol. The van der Waals surface area contributed by atoms with E-state index in [0.717, 1.165) is 31.5 Å². The molecule has 3 nitrogen and oxygen atoms in total. The number of aliphatic hydroxyl groups excluding tert-OH is 1. The van der Waals surface area contributed by atoms with Gasteiger partial charge in [-0.15, -0.1) is 0 Å². The van der Waals surface area contributed by atoms with E-state index in [4.69, 9.17) is 0 Å². The van der Waals surface area contributed by atoms with Crippen LogP contribution in [0.1, 0.15) is 20.3 Å². The highest BCUT2D eigenvalue weighted by molar-refractivity contribution is 6.07. The van der Waals surface area contributed by atoms with Crippen LogP contribution in [-0.4, -0.2) is 40.3 Å². The SMILES string of the molecule is C[C@H]1C[C@H](C)CN(C[C@@H](O)Cn2c3ccccc3c3ccccc32)C1. The van der Waals surface area contributed by atoms with Gasteiger partial charge in [0.2, 0.25) is 0 Å². The molecule has 1 N–H and O–H groups in total. The van der Waals surface area contributed by atoms with E-state index in [9.17, 15) is 5.11 Å². The Balaban J connectivity index is 1.59. The summed E-state index contributed by atoms with van der Waals surface area (Å²) in [5.41, 5.74) is 2.42. The first-order valence-electron chi connectivity index (χ1n) is 9.48. The van der Waals surface area contributed by atoms with Gasteiger partial charge in [0.05, 0.1) is 12.6 Å². The van der Waals surface area contributed by atoms with Gasteiger partial charge in [-0.3, -0.25) is 0 Å². The van der Waals surface area contributed by atoms with E-state index in [0.29, 0.717) is 6.54 Å². The lowest BCUT2D eigenvalue weighted by atomic mass is 9.92. The van der Waals surface area contributed by atoms with Crippen LogP contribution >= 0.6 is 0 Å². The van der Waals surface area contributed by atoms with Gasteiger partial charge in [0.1, 0.15) is 0 Å². The average molecular weight is 336 g/mol. The van der Waals surface area contributed by atoms with Crippen molar-refractivity contribution in [2.45, 2.75) is 32.9 Å². The molecule has 3 heteroatoms. The Morgan fingerprint density at radius 3 is 1.96 bits per heavy atom. The Labute approximate surface area is 149 Å². The van der Waals surface area contributed by atoms with Gasteiger partial charge in [-0.25, -0.2) is 0 Å². The fraction of sp³-hybridized carbons (Fsp3) is 0.455. The Morgan fingerprint density at radius 1 is 0.880 bits per heavy atom. The van der Waals surface area contributed by atoms with E-state index in [1.165, 1.54) is 28.2 Å². The molecule has 0 amide bonds. The van der Waals surface area contributed by atoms with Crippen LogP contribution in [0.25, 0.3) is 21.8 Å². The number of likely N-dealkylation sites (tertiary alicyclic amines) is 1. The minimum atomic E-state index is -0.350. The van der Waals surface area contributed by atoms with Crippen molar-refractivity contribution in [1.82, 2.24) is 9.47 Å². The third-order valence-corrected chi connectivity index (χ3v) is 5.49. The molecule has 25 heavy (non-hydrogen) atoms. The Morgan fingerprint density at radius 2 is 1.40 bits per heavy atom. The molecule has 1 aliphatic heterocycles. The molecule has 0 spiro atoms. The van der Waals surface area contributed by atoms with Crippen molar-refractivity contribution in [1.29, 1.82) is 0 Å². The topological polar surface area (TPSA) is 28.4 Å². The maximum atomic E-state index is 10.8. The standard InChI is InChI=1S/C22H28N2O/c1-16-11-17(2)13-23(12-16)14-18(25)15-24-21-9-5-3-7-19(21)20-8-4-6-10-22(20)24/h3-10,16-18,25H,11-15H2,1-2H3/t16-,17-,18+/m0/s1.